The Labute approximate surface area is 83.1 Å². The normalized spacial score (nSPS) is 11.1. The topological polar surface area (TPSA) is 9.23 Å². The van der Waals surface area contributed by atoms with Crippen molar-refractivity contribution in [1.82, 2.24) is 0 Å². The van der Waals surface area contributed by atoms with Gasteiger partial charge in [-0.3, -0.25) is 0 Å². The van der Waals surface area contributed by atoms with E-state index in [0.717, 1.165) is 5.56 Å². The van der Waals surface area contributed by atoms with Crippen LogP contribution in [0.2, 0.25) is 0 Å². The van der Waals surface area contributed by atoms with E-state index in [9.17, 15) is 8.78 Å². The smallest absolute Gasteiger partial charge is 0.387 e. The molecule has 0 saturated carbocycles. The van der Waals surface area contributed by atoms with Crippen molar-refractivity contribution in [3.63, 3.8) is 0 Å². The van der Waals surface area contributed by atoms with Crippen molar-refractivity contribution < 1.29 is 13.5 Å². The van der Waals surface area contributed by atoms with Crippen LogP contribution in [0.1, 0.15) is 5.56 Å². The average molecular weight is 249 g/mol. The van der Waals surface area contributed by atoms with E-state index in [0.29, 0.717) is 0 Å². The van der Waals surface area contributed by atoms with Crippen LogP contribution in [0, 0.1) is 0 Å². The summed E-state index contributed by atoms with van der Waals surface area (Å²) >= 11 is 3.11. The van der Waals surface area contributed by atoms with E-state index in [4.69, 9.17) is 0 Å². The predicted octanol–water partition coefficient (Wildman–Crippen LogP) is 3.65. The molecule has 0 aliphatic rings. The van der Waals surface area contributed by atoms with Crippen LogP contribution in [0.3, 0.4) is 0 Å². The quantitative estimate of drug-likeness (QED) is 0.794. The van der Waals surface area contributed by atoms with Crippen molar-refractivity contribution in [2.75, 3.05) is 0 Å². The first-order chi connectivity index (χ1) is 6.22. The standard InChI is InChI=1S/C9H7BrF2O/c10-6-5-7-1-3-8(4-2-7)13-9(11)12/h1-6,9H/b6-5+. The number of benzene rings is 1. The van der Waals surface area contributed by atoms with Gasteiger partial charge in [-0.1, -0.05) is 28.1 Å². The zero-order valence-electron chi connectivity index (χ0n) is 6.58. The number of ether oxygens (including phenoxy) is 1. The molecule has 0 bridgehead atoms. The van der Waals surface area contributed by atoms with Crippen LogP contribution < -0.4 is 4.74 Å². The van der Waals surface area contributed by atoms with E-state index >= 15 is 0 Å². The second-order valence-corrected chi connectivity index (χ2v) is 2.77. The Balaban J connectivity index is 2.69. The van der Waals surface area contributed by atoms with Crippen molar-refractivity contribution in [2.24, 2.45) is 0 Å². The number of halogens is 3. The molecule has 0 amide bonds. The molecule has 13 heavy (non-hydrogen) atoms. The van der Waals surface area contributed by atoms with Crippen molar-refractivity contribution >= 4 is 22.0 Å². The molecule has 1 nitrogen and oxygen atoms in total. The maximum Gasteiger partial charge on any atom is 0.387 e. The lowest BCUT2D eigenvalue weighted by Gasteiger charge is -2.03. The monoisotopic (exact) mass is 248 g/mol. The van der Waals surface area contributed by atoms with E-state index in [-0.39, 0.29) is 5.75 Å². The maximum absolute atomic E-state index is 11.7. The van der Waals surface area contributed by atoms with Gasteiger partial charge < -0.3 is 4.74 Å². The molecule has 1 aromatic rings. The van der Waals surface area contributed by atoms with Gasteiger partial charge in [-0.05, 0) is 28.8 Å². The molecule has 1 rings (SSSR count). The molecule has 0 spiro atoms. The van der Waals surface area contributed by atoms with Crippen molar-refractivity contribution in [3.05, 3.63) is 34.8 Å². The van der Waals surface area contributed by atoms with E-state index < -0.39 is 6.61 Å². The number of hydrogen-bond donors (Lipinski definition) is 0. The van der Waals surface area contributed by atoms with Gasteiger partial charge in [0.2, 0.25) is 0 Å². The molecule has 1 aromatic carbocycles. The third kappa shape index (κ3) is 3.55. The zero-order valence-corrected chi connectivity index (χ0v) is 8.17. The first-order valence-corrected chi connectivity index (χ1v) is 4.45. The van der Waals surface area contributed by atoms with Gasteiger partial charge in [-0.2, -0.15) is 8.78 Å². The van der Waals surface area contributed by atoms with Crippen LogP contribution in [0.5, 0.6) is 5.75 Å². The third-order valence-corrected chi connectivity index (χ3v) is 1.63. The molecular formula is C9H7BrF2O. The molecule has 0 aliphatic carbocycles. The highest BCUT2D eigenvalue weighted by Gasteiger charge is 2.02. The van der Waals surface area contributed by atoms with Crippen LogP contribution >= 0.6 is 15.9 Å². The first kappa shape index (κ1) is 10.2. The summed E-state index contributed by atoms with van der Waals surface area (Å²) in [5.41, 5.74) is 0.915. The molecule has 0 N–H and O–H groups in total. The van der Waals surface area contributed by atoms with E-state index in [1.807, 2.05) is 0 Å². The summed E-state index contributed by atoms with van der Waals surface area (Å²) in [5, 5.41) is 0. The van der Waals surface area contributed by atoms with Crippen molar-refractivity contribution in [1.29, 1.82) is 0 Å². The molecule has 0 saturated heterocycles. The third-order valence-electron chi connectivity index (χ3n) is 1.36. The molecular weight excluding hydrogens is 242 g/mol. The Hall–Kier alpha value is -0.900. The van der Waals surface area contributed by atoms with E-state index in [1.165, 1.54) is 12.1 Å². The molecule has 0 unspecified atom stereocenters. The SMILES string of the molecule is FC(F)Oc1ccc(/C=C/Br)cc1. The van der Waals surface area contributed by atoms with Gasteiger partial charge in [0.05, 0.1) is 0 Å². The minimum atomic E-state index is -2.77. The summed E-state index contributed by atoms with van der Waals surface area (Å²) < 4.78 is 27.6. The van der Waals surface area contributed by atoms with Gasteiger partial charge in [-0.15, -0.1) is 0 Å². The highest BCUT2D eigenvalue weighted by Crippen LogP contribution is 2.15. The Morgan fingerprint density at radius 2 is 1.85 bits per heavy atom. The summed E-state index contributed by atoms with van der Waals surface area (Å²) in [6, 6.07) is 6.37. The summed E-state index contributed by atoms with van der Waals surface area (Å²) in [5.74, 6) is 0.168. The van der Waals surface area contributed by atoms with Crippen LogP contribution in [-0.2, 0) is 0 Å². The van der Waals surface area contributed by atoms with Crippen LogP contribution in [-0.4, -0.2) is 6.61 Å². The van der Waals surface area contributed by atoms with E-state index in [2.05, 4.69) is 20.7 Å². The summed E-state index contributed by atoms with van der Waals surface area (Å²) in [4.78, 5) is 1.69. The van der Waals surface area contributed by atoms with Crippen LogP contribution in [0.25, 0.3) is 6.08 Å². The summed E-state index contributed by atoms with van der Waals surface area (Å²) in [6.07, 6.45) is 1.80. The minimum Gasteiger partial charge on any atom is -0.435 e. The fourth-order valence-electron chi connectivity index (χ4n) is 0.833. The lowest BCUT2D eigenvalue weighted by Crippen LogP contribution is -2.01. The highest BCUT2D eigenvalue weighted by molar-refractivity contribution is 9.11. The van der Waals surface area contributed by atoms with Gasteiger partial charge in [0.1, 0.15) is 5.75 Å². The van der Waals surface area contributed by atoms with Crippen molar-refractivity contribution in [3.8, 4) is 5.75 Å². The summed E-state index contributed by atoms with van der Waals surface area (Å²) in [6.45, 7) is -2.77. The van der Waals surface area contributed by atoms with Crippen LogP contribution in [0.15, 0.2) is 29.3 Å². The van der Waals surface area contributed by atoms with Gasteiger partial charge in [0.15, 0.2) is 0 Å². The lowest BCUT2D eigenvalue weighted by molar-refractivity contribution is -0.0498. The fourth-order valence-corrected chi connectivity index (χ4v) is 1.14. The maximum atomic E-state index is 11.7. The molecule has 4 heteroatoms. The van der Waals surface area contributed by atoms with E-state index in [1.54, 1.807) is 23.2 Å². The average Bonchev–Trinajstić information content (AvgIpc) is 2.08. The molecule has 0 heterocycles. The lowest BCUT2D eigenvalue weighted by atomic mass is 10.2. The largest absolute Gasteiger partial charge is 0.435 e. The number of hydrogen-bond acceptors (Lipinski definition) is 1. The Morgan fingerprint density at radius 3 is 2.31 bits per heavy atom. The molecule has 0 aliphatic heterocycles. The molecule has 0 atom stereocenters. The van der Waals surface area contributed by atoms with Crippen molar-refractivity contribution in [2.45, 2.75) is 6.61 Å². The number of rotatable bonds is 3. The number of alkyl halides is 2. The van der Waals surface area contributed by atoms with Gasteiger partial charge in [0.25, 0.3) is 0 Å². The van der Waals surface area contributed by atoms with Gasteiger partial charge in [0, 0.05) is 0 Å². The first-order valence-electron chi connectivity index (χ1n) is 3.54. The molecule has 0 fully saturated rings. The molecule has 0 radical (unpaired) electrons. The predicted molar refractivity (Wildman–Crippen MR) is 51.0 cm³/mol. The summed E-state index contributed by atoms with van der Waals surface area (Å²) in [7, 11) is 0. The zero-order chi connectivity index (χ0) is 9.68. The molecule has 0 aromatic heterocycles. The Bertz CT molecular complexity index is 282. The Kier molecular flexibility index (Phi) is 3.89. The second-order valence-electron chi connectivity index (χ2n) is 2.24. The fraction of sp³-hybridized carbons (Fsp3) is 0.111. The van der Waals surface area contributed by atoms with Gasteiger partial charge in [-0.25, -0.2) is 0 Å². The minimum absolute atomic E-state index is 0.168. The van der Waals surface area contributed by atoms with Gasteiger partial charge >= 0.3 is 6.61 Å². The highest BCUT2D eigenvalue weighted by atomic mass is 79.9. The second kappa shape index (κ2) is 4.97. The Morgan fingerprint density at radius 1 is 1.23 bits per heavy atom. The molecule has 70 valence electrons. The van der Waals surface area contributed by atoms with Crippen LogP contribution in [0.4, 0.5) is 8.78 Å².